The predicted molar refractivity (Wildman–Crippen MR) is 97.1 cm³/mol. The third-order valence-electron chi connectivity index (χ3n) is 5.11. The molecule has 2 amide bonds. The van der Waals surface area contributed by atoms with E-state index in [-0.39, 0.29) is 17.7 Å². The zero-order valence-electron chi connectivity index (χ0n) is 15.0. The number of carbonyl (C=O) groups excluding carboxylic acids is 2. The van der Waals surface area contributed by atoms with Gasteiger partial charge in [-0.05, 0) is 42.0 Å². The highest BCUT2D eigenvalue weighted by atomic mass is 16.5. The number of hydrogen-bond donors (Lipinski definition) is 1. The molecule has 1 heterocycles. The number of carbonyl (C=O) groups is 2. The van der Waals surface area contributed by atoms with Crippen molar-refractivity contribution in [2.75, 3.05) is 26.7 Å². The Morgan fingerprint density at radius 3 is 2.56 bits per heavy atom. The number of methoxy groups -OCH3 is 1. The van der Waals surface area contributed by atoms with E-state index in [2.05, 4.69) is 30.4 Å². The summed E-state index contributed by atoms with van der Waals surface area (Å²) in [6.45, 7) is 3.88. The third-order valence-corrected chi connectivity index (χ3v) is 5.11. The van der Waals surface area contributed by atoms with Crippen LogP contribution in [0.25, 0.3) is 5.57 Å². The van der Waals surface area contributed by atoms with Crippen molar-refractivity contribution in [2.24, 2.45) is 11.8 Å². The van der Waals surface area contributed by atoms with Gasteiger partial charge in [0.15, 0.2) is 0 Å². The molecular weight excluding hydrogens is 316 g/mol. The lowest BCUT2D eigenvalue weighted by Crippen LogP contribution is -2.37. The second-order valence-corrected chi connectivity index (χ2v) is 6.91. The summed E-state index contributed by atoms with van der Waals surface area (Å²) in [6.07, 6.45) is 4.32. The van der Waals surface area contributed by atoms with E-state index in [1.807, 2.05) is 17.0 Å². The monoisotopic (exact) mass is 342 g/mol. The van der Waals surface area contributed by atoms with Crippen molar-refractivity contribution >= 4 is 17.4 Å². The van der Waals surface area contributed by atoms with Gasteiger partial charge in [-0.1, -0.05) is 25.1 Å². The van der Waals surface area contributed by atoms with Crippen LogP contribution in [-0.2, 0) is 9.59 Å². The minimum absolute atomic E-state index is 0.0978. The van der Waals surface area contributed by atoms with Crippen LogP contribution in [-0.4, -0.2) is 43.5 Å². The zero-order valence-corrected chi connectivity index (χ0v) is 15.0. The van der Waals surface area contributed by atoms with Gasteiger partial charge in [0.2, 0.25) is 11.8 Å². The standard InChI is InChI=1S/C20H26N2O3/c1-14-13-18(14)20(24)21-10-7-19(23)22-11-8-16(9-12-22)15-3-5-17(25-2)6-4-15/h3-6,8,14,18H,7,9-13H2,1-2H3,(H,21,24)/t14-,18-/m0/s1. The van der Waals surface area contributed by atoms with Crippen LogP contribution in [0.4, 0.5) is 0 Å². The average Bonchev–Trinajstić information content (AvgIpc) is 3.38. The second kappa shape index (κ2) is 7.72. The molecule has 0 bridgehead atoms. The molecule has 1 aromatic carbocycles. The van der Waals surface area contributed by atoms with E-state index >= 15 is 0 Å². The van der Waals surface area contributed by atoms with Crippen molar-refractivity contribution in [1.82, 2.24) is 10.2 Å². The maximum absolute atomic E-state index is 12.3. The molecule has 1 N–H and O–H groups in total. The van der Waals surface area contributed by atoms with E-state index in [9.17, 15) is 9.59 Å². The van der Waals surface area contributed by atoms with Gasteiger partial charge in [0.05, 0.1) is 7.11 Å². The maximum Gasteiger partial charge on any atom is 0.224 e. The molecule has 0 spiro atoms. The van der Waals surface area contributed by atoms with Crippen molar-refractivity contribution in [1.29, 1.82) is 0 Å². The first-order valence-corrected chi connectivity index (χ1v) is 8.97. The first-order valence-electron chi connectivity index (χ1n) is 8.97. The summed E-state index contributed by atoms with van der Waals surface area (Å²) in [5.41, 5.74) is 2.45. The minimum atomic E-state index is 0.0978. The Labute approximate surface area is 149 Å². The maximum atomic E-state index is 12.3. The largest absolute Gasteiger partial charge is 0.497 e. The molecule has 0 aromatic heterocycles. The van der Waals surface area contributed by atoms with Gasteiger partial charge < -0.3 is 15.0 Å². The highest BCUT2D eigenvalue weighted by molar-refractivity contribution is 5.83. The van der Waals surface area contributed by atoms with Crippen molar-refractivity contribution in [3.63, 3.8) is 0 Å². The summed E-state index contributed by atoms with van der Waals surface area (Å²) in [4.78, 5) is 25.9. The molecular formula is C20H26N2O3. The zero-order chi connectivity index (χ0) is 17.8. The molecule has 0 radical (unpaired) electrons. The molecule has 5 heteroatoms. The number of nitrogens with one attached hydrogen (secondary N) is 1. The first-order chi connectivity index (χ1) is 12.1. The first kappa shape index (κ1) is 17.5. The van der Waals surface area contributed by atoms with E-state index in [0.29, 0.717) is 25.4 Å². The lowest BCUT2D eigenvalue weighted by Gasteiger charge is -2.27. The molecule has 1 aliphatic carbocycles. The Hall–Kier alpha value is -2.30. The van der Waals surface area contributed by atoms with Crippen molar-refractivity contribution in [2.45, 2.75) is 26.2 Å². The number of ether oxygens (including phenoxy) is 1. The Bertz CT molecular complexity index is 666. The highest BCUT2D eigenvalue weighted by Crippen LogP contribution is 2.37. The van der Waals surface area contributed by atoms with Crippen LogP contribution in [0, 0.1) is 11.8 Å². The van der Waals surface area contributed by atoms with Crippen LogP contribution in [0.5, 0.6) is 5.75 Å². The summed E-state index contributed by atoms with van der Waals surface area (Å²) in [7, 11) is 1.66. The van der Waals surface area contributed by atoms with Crippen LogP contribution in [0.2, 0.25) is 0 Å². The lowest BCUT2D eigenvalue weighted by atomic mass is 9.99. The fourth-order valence-corrected chi connectivity index (χ4v) is 3.23. The van der Waals surface area contributed by atoms with Gasteiger partial charge in [-0.15, -0.1) is 0 Å². The van der Waals surface area contributed by atoms with E-state index in [0.717, 1.165) is 25.1 Å². The van der Waals surface area contributed by atoms with Crippen LogP contribution >= 0.6 is 0 Å². The third kappa shape index (κ3) is 4.41. The molecule has 2 aliphatic rings. The summed E-state index contributed by atoms with van der Waals surface area (Å²) < 4.78 is 5.18. The van der Waals surface area contributed by atoms with E-state index < -0.39 is 0 Å². The normalized spacial score (nSPS) is 22.2. The summed E-state index contributed by atoms with van der Waals surface area (Å²) >= 11 is 0. The molecule has 25 heavy (non-hydrogen) atoms. The lowest BCUT2D eigenvalue weighted by molar-refractivity contribution is -0.130. The van der Waals surface area contributed by atoms with Crippen LogP contribution in [0.1, 0.15) is 31.7 Å². The molecule has 1 fully saturated rings. The molecule has 1 saturated carbocycles. The van der Waals surface area contributed by atoms with Crippen LogP contribution in [0.15, 0.2) is 30.3 Å². The van der Waals surface area contributed by atoms with Crippen molar-refractivity contribution in [3.05, 3.63) is 35.9 Å². The Morgan fingerprint density at radius 1 is 1.28 bits per heavy atom. The fraction of sp³-hybridized carbons (Fsp3) is 0.500. The van der Waals surface area contributed by atoms with Crippen LogP contribution < -0.4 is 10.1 Å². The smallest absolute Gasteiger partial charge is 0.224 e. The molecule has 5 nitrogen and oxygen atoms in total. The van der Waals surface area contributed by atoms with E-state index in [4.69, 9.17) is 4.74 Å². The summed E-state index contributed by atoms with van der Waals surface area (Å²) in [6, 6.07) is 8.02. The molecule has 3 rings (SSSR count). The predicted octanol–water partition coefficient (Wildman–Crippen LogP) is 2.47. The van der Waals surface area contributed by atoms with Crippen molar-refractivity contribution < 1.29 is 14.3 Å². The second-order valence-electron chi connectivity index (χ2n) is 6.91. The molecule has 1 aliphatic heterocycles. The summed E-state index contributed by atoms with van der Waals surface area (Å²) in [5, 5.41) is 2.88. The molecule has 1 aromatic rings. The van der Waals surface area contributed by atoms with Gasteiger partial charge in [-0.25, -0.2) is 0 Å². The molecule has 2 atom stereocenters. The van der Waals surface area contributed by atoms with Crippen LogP contribution in [0.3, 0.4) is 0 Å². The van der Waals surface area contributed by atoms with E-state index in [1.165, 1.54) is 11.1 Å². The Morgan fingerprint density at radius 2 is 2.00 bits per heavy atom. The number of benzene rings is 1. The van der Waals surface area contributed by atoms with E-state index in [1.54, 1.807) is 7.11 Å². The molecule has 0 saturated heterocycles. The quantitative estimate of drug-likeness (QED) is 0.864. The Kier molecular flexibility index (Phi) is 5.41. The van der Waals surface area contributed by atoms with Gasteiger partial charge in [0, 0.05) is 32.0 Å². The number of hydrogen-bond acceptors (Lipinski definition) is 3. The molecule has 134 valence electrons. The van der Waals surface area contributed by atoms with Gasteiger partial charge in [-0.2, -0.15) is 0 Å². The van der Waals surface area contributed by atoms with Gasteiger partial charge in [-0.3, -0.25) is 9.59 Å². The SMILES string of the molecule is COc1ccc(C2=CCN(C(=O)CCNC(=O)[C@H]3C[C@@H]3C)CC2)cc1. The minimum Gasteiger partial charge on any atom is -0.497 e. The number of nitrogens with zero attached hydrogens (tertiary/aromatic N) is 1. The molecule has 0 unspecified atom stereocenters. The van der Waals surface area contributed by atoms with Gasteiger partial charge >= 0.3 is 0 Å². The topological polar surface area (TPSA) is 58.6 Å². The Balaban J connectivity index is 1.44. The summed E-state index contributed by atoms with van der Waals surface area (Å²) in [5.74, 6) is 1.72. The number of rotatable bonds is 6. The highest BCUT2D eigenvalue weighted by Gasteiger charge is 2.38. The fourth-order valence-electron chi connectivity index (χ4n) is 3.23. The van der Waals surface area contributed by atoms with Crippen molar-refractivity contribution in [3.8, 4) is 5.75 Å². The number of amides is 2. The average molecular weight is 342 g/mol. The van der Waals surface area contributed by atoms with Gasteiger partial charge in [0.25, 0.3) is 0 Å². The van der Waals surface area contributed by atoms with Gasteiger partial charge in [0.1, 0.15) is 5.75 Å².